The number of para-hydroxylation sites is 1. The molecule has 1 aromatic heterocycles. The quantitative estimate of drug-likeness (QED) is 0.0918. The molecule has 1 heterocycles. The molecule has 8 nitrogen and oxygen atoms in total. The SMILES string of the molecule is O=C(Nc1ccc(CCNC[C@@H](O)c2ccc(OCc3ccccc3)c3[nH]c(=O)ccc23)cc1)Nc1ccccc1-c1ccccc1. The van der Waals surface area contributed by atoms with Gasteiger partial charge in [-0.2, -0.15) is 0 Å². The molecule has 2 amide bonds. The van der Waals surface area contributed by atoms with Gasteiger partial charge in [0, 0.05) is 29.2 Å². The first-order chi connectivity index (χ1) is 23.0. The molecule has 5 N–H and O–H groups in total. The highest BCUT2D eigenvalue weighted by molar-refractivity contribution is 6.02. The van der Waals surface area contributed by atoms with E-state index in [1.165, 1.54) is 6.07 Å². The van der Waals surface area contributed by atoms with Crippen LogP contribution in [0.1, 0.15) is 22.8 Å². The van der Waals surface area contributed by atoms with E-state index >= 15 is 0 Å². The van der Waals surface area contributed by atoms with Gasteiger partial charge in [0.15, 0.2) is 0 Å². The number of hydrogen-bond acceptors (Lipinski definition) is 5. The number of aromatic amines is 1. The number of urea groups is 1. The standard InChI is InChI=1S/C39H36N4O4/c44-35(32-19-21-36(38-33(32)20-22-37(45)43-38)47-26-28-9-3-1-4-10-28)25-40-24-23-27-15-17-30(18-16-27)41-39(46)42-34-14-8-7-13-31(34)29-11-5-2-6-12-29/h1-22,35,40,44H,23-26H2,(H,43,45)(H2,41,42,46)/t35-/m1/s1. The van der Waals surface area contributed by atoms with Crippen LogP contribution in [0, 0.1) is 0 Å². The minimum atomic E-state index is -0.788. The predicted octanol–water partition coefficient (Wildman–Crippen LogP) is 7.28. The Morgan fingerprint density at radius 3 is 2.26 bits per heavy atom. The average molecular weight is 625 g/mol. The number of pyridine rings is 1. The third-order valence-electron chi connectivity index (χ3n) is 7.89. The van der Waals surface area contributed by atoms with Crippen molar-refractivity contribution in [1.82, 2.24) is 10.3 Å². The van der Waals surface area contributed by atoms with Gasteiger partial charge in [-0.1, -0.05) is 97.1 Å². The van der Waals surface area contributed by atoms with Crippen molar-refractivity contribution < 1.29 is 14.6 Å². The molecule has 0 saturated carbocycles. The Labute approximate surface area is 273 Å². The van der Waals surface area contributed by atoms with Crippen molar-refractivity contribution in [2.24, 2.45) is 0 Å². The van der Waals surface area contributed by atoms with E-state index in [0.29, 0.717) is 42.2 Å². The third-order valence-corrected chi connectivity index (χ3v) is 7.89. The number of anilines is 2. The molecular weight excluding hydrogens is 588 g/mol. The number of amides is 2. The Balaban J connectivity index is 1.00. The minimum absolute atomic E-state index is 0.234. The number of aliphatic hydroxyl groups excluding tert-OH is 1. The van der Waals surface area contributed by atoms with Gasteiger partial charge in [0.2, 0.25) is 5.56 Å². The molecule has 0 saturated heterocycles. The zero-order valence-corrected chi connectivity index (χ0v) is 25.8. The van der Waals surface area contributed by atoms with E-state index in [-0.39, 0.29) is 11.6 Å². The second-order valence-corrected chi connectivity index (χ2v) is 11.2. The monoisotopic (exact) mass is 624 g/mol. The maximum Gasteiger partial charge on any atom is 0.323 e. The van der Waals surface area contributed by atoms with E-state index in [1.54, 1.807) is 12.1 Å². The lowest BCUT2D eigenvalue weighted by Crippen LogP contribution is -2.24. The number of fused-ring (bicyclic) bond motifs is 1. The van der Waals surface area contributed by atoms with Crippen molar-refractivity contribution in [2.75, 3.05) is 23.7 Å². The van der Waals surface area contributed by atoms with Crippen molar-refractivity contribution >= 4 is 28.3 Å². The van der Waals surface area contributed by atoms with Crippen LogP contribution in [-0.2, 0) is 13.0 Å². The van der Waals surface area contributed by atoms with Crippen molar-refractivity contribution in [1.29, 1.82) is 0 Å². The van der Waals surface area contributed by atoms with Crippen LogP contribution >= 0.6 is 0 Å². The molecule has 0 aliphatic carbocycles. The van der Waals surface area contributed by atoms with Crippen LogP contribution in [0.2, 0.25) is 0 Å². The topological polar surface area (TPSA) is 115 Å². The number of carbonyl (C=O) groups excluding carboxylic acids is 1. The summed E-state index contributed by atoms with van der Waals surface area (Å²) >= 11 is 0. The van der Waals surface area contributed by atoms with Gasteiger partial charge in [0.25, 0.3) is 0 Å². The number of rotatable bonds is 12. The number of H-pyrrole nitrogens is 1. The normalized spacial score (nSPS) is 11.6. The highest BCUT2D eigenvalue weighted by Gasteiger charge is 2.15. The molecule has 5 aromatic carbocycles. The predicted molar refractivity (Wildman–Crippen MR) is 188 cm³/mol. The molecule has 1 atom stereocenters. The third kappa shape index (κ3) is 8.12. The molecule has 0 bridgehead atoms. The molecule has 236 valence electrons. The number of aliphatic hydroxyl groups is 1. The van der Waals surface area contributed by atoms with Crippen molar-refractivity contribution in [3.05, 3.63) is 161 Å². The molecule has 8 heteroatoms. The summed E-state index contributed by atoms with van der Waals surface area (Å²) in [6.07, 6.45) is -0.0482. The smallest absolute Gasteiger partial charge is 0.323 e. The maximum atomic E-state index is 12.8. The fourth-order valence-corrected chi connectivity index (χ4v) is 5.48. The van der Waals surface area contributed by atoms with Gasteiger partial charge in [-0.25, -0.2) is 4.79 Å². The van der Waals surface area contributed by atoms with E-state index in [9.17, 15) is 14.7 Å². The fraction of sp³-hybridized carbons (Fsp3) is 0.128. The second kappa shape index (κ2) is 15.1. The molecule has 0 aliphatic heterocycles. The highest BCUT2D eigenvalue weighted by Crippen LogP contribution is 2.30. The number of aromatic nitrogens is 1. The fourth-order valence-electron chi connectivity index (χ4n) is 5.48. The van der Waals surface area contributed by atoms with E-state index in [4.69, 9.17) is 4.74 Å². The van der Waals surface area contributed by atoms with Crippen LogP contribution in [0.5, 0.6) is 5.75 Å². The number of hydrogen-bond donors (Lipinski definition) is 5. The molecule has 6 aromatic rings. The summed E-state index contributed by atoms with van der Waals surface area (Å²) < 4.78 is 6.03. The summed E-state index contributed by atoms with van der Waals surface area (Å²) in [5, 5.41) is 21.0. The van der Waals surface area contributed by atoms with Crippen molar-refractivity contribution in [2.45, 2.75) is 19.1 Å². The lowest BCUT2D eigenvalue weighted by atomic mass is 10.0. The van der Waals surface area contributed by atoms with E-state index < -0.39 is 6.10 Å². The largest absolute Gasteiger partial charge is 0.487 e. The molecule has 0 spiro atoms. The van der Waals surface area contributed by atoms with Crippen molar-refractivity contribution in [3.63, 3.8) is 0 Å². The summed E-state index contributed by atoms with van der Waals surface area (Å²) in [4.78, 5) is 27.8. The summed E-state index contributed by atoms with van der Waals surface area (Å²) in [6.45, 7) is 1.35. The van der Waals surface area contributed by atoms with Crippen molar-refractivity contribution in [3.8, 4) is 16.9 Å². The first-order valence-electron chi connectivity index (χ1n) is 15.6. The Morgan fingerprint density at radius 2 is 1.47 bits per heavy atom. The minimum Gasteiger partial charge on any atom is -0.487 e. The average Bonchev–Trinajstić information content (AvgIpc) is 3.10. The molecule has 6 rings (SSSR count). The zero-order valence-electron chi connectivity index (χ0n) is 25.8. The van der Waals surface area contributed by atoms with Gasteiger partial charge >= 0.3 is 6.03 Å². The molecule has 0 unspecified atom stereocenters. The van der Waals surface area contributed by atoms with E-state index in [0.717, 1.165) is 39.7 Å². The van der Waals surface area contributed by atoms with Gasteiger partial charge in [-0.15, -0.1) is 0 Å². The Morgan fingerprint density at radius 1 is 0.745 bits per heavy atom. The van der Waals surface area contributed by atoms with Crippen LogP contribution < -0.4 is 26.2 Å². The van der Waals surface area contributed by atoms with Crippen LogP contribution in [0.25, 0.3) is 22.0 Å². The van der Waals surface area contributed by atoms with Crippen LogP contribution in [0.4, 0.5) is 16.2 Å². The van der Waals surface area contributed by atoms with Gasteiger partial charge in [-0.05, 0) is 65.6 Å². The Bertz CT molecular complexity index is 1990. The molecule has 47 heavy (non-hydrogen) atoms. The summed E-state index contributed by atoms with van der Waals surface area (Å²) in [5.74, 6) is 0.554. The van der Waals surface area contributed by atoms with Crippen LogP contribution in [-0.4, -0.2) is 29.2 Å². The lowest BCUT2D eigenvalue weighted by molar-refractivity contribution is 0.176. The summed E-state index contributed by atoms with van der Waals surface area (Å²) in [6, 6.07) is 41.7. The molecular formula is C39H36N4O4. The van der Waals surface area contributed by atoms with Crippen LogP contribution in [0.15, 0.2) is 138 Å². The number of ether oxygens (including phenoxy) is 1. The van der Waals surface area contributed by atoms with E-state index in [1.807, 2.05) is 115 Å². The first kappa shape index (κ1) is 31.3. The maximum absolute atomic E-state index is 12.8. The first-order valence-corrected chi connectivity index (χ1v) is 15.6. The zero-order chi connectivity index (χ0) is 32.4. The Hall–Kier alpha value is -5.70. The number of carbonyl (C=O) groups is 1. The number of nitrogens with one attached hydrogen (secondary N) is 4. The van der Waals surface area contributed by atoms with E-state index in [2.05, 4.69) is 20.9 Å². The van der Waals surface area contributed by atoms with Gasteiger partial charge in [-0.3, -0.25) is 4.79 Å². The Kier molecular flexibility index (Phi) is 10.0. The molecule has 0 fully saturated rings. The lowest BCUT2D eigenvalue weighted by Gasteiger charge is -2.17. The second-order valence-electron chi connectivity index (χ2n) is 11.2. The highest BCUT2D eigenvalue weighted by atomic mass is 16.5. The van der Waals surface area contributed by atoms with Gasteiger partial charge < -0.3 is 30.8 Å². The summed E-state index contributed by atoms with van der Waals surface area (Å²) in [7, 11) is 0. The van der Waals surface area contributed by atoms with Gasteiger partial charge in [0.05, 0.1) is 17.3 Å². The van der Waals surface area contributed by atoms with Gasteiger partial charge in [0.1, 0.15) is 12.4 Å². The molecule has 0 aliphatic rings. The number of benzene rings is 5. The summed E-state index contributed by atoms with van der Waals surface area (Å²) in [5.41, 5.74) is 6.54. The van der Waals surface area contributed by atoms with Crippen LogP contribution in [0.3, 0.4) is 0 Å². The molecule has 0 radical (unpaired) electrons.